The van der Waals surface area contributed by atoms with Gasteiger partial charge in [0.15, 0.2) is 0 Å². The van der Waals surface area contributed by atoms with E-state index in [0.29, 0.717) is 25.6 Å². The van der Waals surface area contributed by atoms with Crippen molar-refractivity contribution in [1.29, 1.82) is 0 Å². The normalized spacial score (nSPS) is 19.4. The molecule has 1 heterocycles. The average Bonchev–Trinajstić information content (AvgIpc) is 2.30. The van der Waals surface area contributed by atoms with E-state index in [4.69, 9.17) is 4.74 Å². The van der Waals surface area contributed by atoms with Crippen LogP contribution in [0.4, 0.5) is 0 Å². The summed E-state index contributed by atoms with van der Waals surface area (Å²) in [6, 6.07) is 0.288. The summed E-state index contributed by atoms with van der Waals surface area (Å²) in [5.41, 5.74) is 0. The lowest BCUT2D eigenvalue weighted by atomic mass is 9.91. The second kappa shape index (κ2) is 7.63. The molecule has 1 aliphatic heterocycles. The van der Waals surface area contributed by atoms with Crippen LogP contribution in [0.2, 0.25) is 0 Å². The van der Waals surface area contributed by atoms with Crippen molar-refractivity contribution in [2.75, 3.05) is 26.3 Å². The van der Waals surface area contributed by atoms with Gasteiger partial charge in [0.2, 0.25) is 5.91 Å². The molecule has 0 saturated carbocycles. The van der Waals surface area contributed by atoms with Crippen molar-refractivity contribution >= 4 is 5.91 Å². The molecule has 0 aromatic carbocycles. The van der Waals surface area contributed by atoms with Gasteiger partial charge in [0.05, 0.1) is 6.61 Å². The zero-order valence-electron chi connectivity index (χ0n) is 10.4. The van der Waals surface area contributed by atoms with E-state index in [9.17, 15) is 4.79 Å². The quantitative estimate of drug-likeness (QED) is 0.665. The van der Waals surface area contributed by atoms with Gasteiger partial charge in [-0.15, -0.1) is 0 Å². The molecule has 1 atom stereocenters. The zero-order valence-corrected chi connectivity index (χ0v) is 10.4. The first-order valence-electron chi connectivity index (χ1n) is 6.32. The Morgan fingerprint density at radius 3 is 2.81 bits per heavy atom. The molecule has 0 radical (unpaired) electrons. The standard InChI is InChI=1S/C12H24N2O2/c1-3-16-9-6-12(15)14-10(2)11-4-7-13-8-5-11/h10-11,13H,3-9H2,1-2H3,(H,14,15). The molecule has 4 nitrogen and oxygen atoms in total. The Bertz CT molecular complexity index is 203. The monoisotopic (exact) mass is 228 g/mol. The molecule has 1 amide bonds. The van der Waals surface area contributed by atoms with Gasteiger partial charge in [0.25, 0.3) is 0 Å². The highest BCUT2D eigenvalue weighted by Crippen LogP contribution is 2.15. The Labute approximate surface area is 98.1 Å². The van der Waals surface area contributed by atoms with Crippen molar-refractivity contribution in [3.63, 3.8) is 0 Å². The van der Waals surface area contributed by atoms with Crippen molar-refractivity contribution in [2.45, 2.75) is 39.2 Å². The molecule has 1 fully saturated rings. The number of hydrogen-bond donors (Lipinski definition) is 2. The van der Waals surface area contributed by atoms with E-state index in [1.54, 1.807) is 0 Å². The van der Waals surface area contributed by atoms with Gasteiger partial charge >= 0.3 is 0 Å². The molecule has 1 unspecified atom stereocenters. The van der Waals surface area contributed by atoms with Crippen LogP contribution in [0.5, 0.6) is 0 Å². The maximum absolute atomic E-state index is 11.6. The summed E-state index contributed by atoms with van der Waals surface area (Å²) in [5, 5.41) is 6.39. The number of carbonyl (C=O) groups excluding carboxylic acids is 1. The van der Waals surface area contributed by atoms with Crippen molar-refractivity contribution in [3.05, 3.63) is 0 Å². The molecule has 0 bridgehead atoms. The predicted octanol–water partition coefficient (Wildman–Crippen LogP) is 0.917. The minimum atomic E-state index is 0.111. The van der Waals surface area contributed by atoms with Crippen LogP contribution >= 0.6 is 0 Å². The first-order valence-corrected chi connectivity index (χ1v) is 6.32. The van der Waals surface area contributed by atoms with E-state index in [2.05, 4.69) is 17.6 Å². The highest BCUT2D eigenvalue weighted by atomic mass is 16.5. The molecule has 1 rings (SSSR count). The molecule has 0 aromatic rings. The summed E-state index contributed by atoms with van der Waals surface area (Å²) < 4.78 is 5.16. The van der Waals surface area contributed by atoms with Crippen LogP contribution in [-0.4, -0.2) is 38.3 Å². The van der Waals surface area contributed by atoms with Crippen molar-refractivity contribution in [1.82, 2.24) is 10.6 Å². The smallest absolute Gasteiger partial charge is 0.222 e. The Morgan fingerprint density at radius 1 is 1.50 bits per heavy atom. The number of ether oxygens (including phenoxy) is 1. The average molecular weight is 228 g/mol. The molecule has 16 heavy (non-hydrogen) atoms. The largest absolute Gasteiger partial charge is 0.381 e. The minimum Gasteiger partial charge on any atom is -0.381 e. The summed E-state index contributed by atoms with van der Waals surface area (Å²) in [4.78, 5) is 11.6. The third-order valence-electron chi connectivity index (χ3n) is 3.16. The molecular formula is C12H24N2O2. The lowest BCUT2D eigenvalue weighted by molar-refractivity contribution is -0.123. The van der Waals surface area contributed by atoms with Crippen LogP contribution in [0.15, 0.2) is 0 Å². The lowest BCUT2D eigenvalue weighted by Gasteiger charge is -2.28. The number of amides is 1. The topological polar surface area (TPSA) is 50.4 Å². The van der Waals surface area contributed by atoms with E-state index in [-0.39, 0.29) is 11.9 Å². The Hall–Kier alpha value is -0.610. The summed E-state index contributed by atoms with van der Waals surface area (Å²) in [7, 11) is 0. The first-order chi connectivity index (χ1) is 7.74. The van der Waals surface area contributed by atoms with Crippen LogP contribution in [0.3, 0.4) is 0 Å². The molecule has 0 aromatic heterocycles. The van der Waals surface area contributed by atoms with Gasteiger partial charge in [-0.25, -0.2) is 0 Å². The van der Waals surface area contributed by atoms with Crippen LogP contribution in [-0.2, 0) is 9.53 Å². The van der Waals surface area contributed by atoms with Crippen molar-refractivity contribution in [2.24, 2.45) is 5.92 Å². The molecule has 94 valence electrons. The zero-order chi connectivity index (χ0) is 11.8. The molecular weight excluding hydrogens is 204 g/mol. The van der Waals surface area contributed by atoms with Crippen LogP contribution in [0.25, 0.3) is 0 Å². The number of hydrogen-bond acceptors (Lipinski definition) is 3. The van der Waals surface area contributed by atoms with Crippen LogP contribution in [0, 0.1) is 5.92 Å². The van der Waals surface area contributed by atoms with Crippen LogP contribution < -0.4 is 10.6 Å². The fraction of sp³-hybridized carbons (Fsp3) is 0.917. The SMILES string of the molecule is CCOCCC(=O)NC(C)C1CCNCC1. The number of rotatable bonds is 6. The van der Waals surface area contributed by atoms with Gasteiger partial charge in [0, 0.05) is 19.1 Å². The second-order valence-corrected chi connectivity index (χ2v) is 4.39. The maximum Gasteiger partial charge on any atom is 0.222 e. The van der Waals surface area contributed by atoms with Gasteiger partial charge in [-0.2, -0.15) is 0 Å². The number of piperidine rings is 1. The van der Waals surface area contributed by atoms with E-state index in [1.807, 2.05) is 6.92 Å². The highest BCUT2D eigenvalue weighted by molar-refractivity contribution is 5.76. The maximum atomic E-state index is 11.6. The molecule has 1 aliphatic rings. The van der Waals surface area contributed by atoms with Crippen LogP contribution in [0.1, 0.15) is 33.1 Å². The van der Waals surface area contributed by atoms with E-state index >= 15 is 0 Å². The Kier molecular flexibility index (Phi) is 6.42. The fourth-order valence-electron chi connectivity index (χ4n) is 2.10. The second-order valence-electron chi connectivity index (χ2n) is 4.39. The van der Waals surface area contributed by atoms with E-state index < -0.39 is 0 Å². The molecule has 4 heteroatoms. The summed E-state index contributed by atoms with van der Waals surface area (Å²) in [5.74, 6) is 0.733. The number of nitrogens with one attached hydrogen (secondary N) is 2. The van der Waals surface area contributed by atoms with Gasteiger partial charge in [-0.05, 0) is 45.7 Å². The lowest BCUT2D eigenvalue weighted by Crippen LogP contribution is -2.42. The van der Waals surface area contributed by atoms with Crippen molar-refractivity contribution in [3.8, 4) is 0 Å². The highest BCUT2D eigenvalue weighted by Gasteiger charge is 2.20. The molecule has 0 aliphatic carbocycles. The minimum absolute atomic E-state index is 0.111. The van der Waals surface area contributed by atoms with Gasteiger partial charge in [0.1, 0.15) is 0 Å². The van der Waals surface area contributed by atoms with E-state index in [1.165, 1.54) is 0 Å². The Balaban J connectivity index is 2.16. The van der Waals surface area contributed by atoms with E-state index in [0.717, 1.165) is 25.9 Å². The summed E-state index contributed by atoms with van der Waals surface area (Å²) in [6.07, 6.45) is 2.79. The Morgan fingerprint density at radius 2 is 2.19 bits per heavy atom. The van der Waals surface area contributed by atoms with Gasteiger partial charge in [-0.1, -0.05) is 0 Å². The third-order valence-corrected chi connectivity index (χ3v) is 3.16. The predicted molar refractivity (Wildman–Crippen MR) is 64.3 cm³/mol. The molecule has 1 saturated heterocycles. The van der Waals surface area contributed by atoms with Gasteiger partial charge in [-0.3, -0.25) is 4.79 Å². The first kappa shape index (κ1) is 13.5. The molecule has 0 spiro atoms. The summed E-state index contributed by atoms with van der Waals surface area (Å²) in [6.45, 7) is 7.40. The third kappa shape index (κ3) is 4.94. The van der Waals surface area contributed by atoms with Crippen molar-refractivity contribution < 1.29 is 9.53 Å². The number of carbonyl (C=O) groups is 1. The molecule has 2 N–H and O–H groups in total. The van der Waals surface area contributed by atoms with Gasteiger partial charge < -0.3 is 15.4 Å². The summed E-state index contributed by atoms with van der Waals surface area (Å²) >= 11 is 0. The fourth-order valence-corrected chi connectivity index (χ4v) is 2.10.